The van der Waals surface area contributed by atoms with Crippen molar-refractivity contribution in [2.45, 2.75) is 13.3 Å². The summed E-state index contributed by atoms with van der Waals surface area (Å²) in [6.07, 6.45) is 2.20. The fourth-order valence-corrected chi connectivity index (χ4v) is 3.73. The van der Waals surface area contributed by atoms with Crippen molar-refractivity contribution in [2.24, 2.45) is 0 Å². The molecule has 158 valence electrons. The van der Waals surface area contributed by atoms with Gasteiger partial charge in [0.2, 0.25) is 0 Å². The summed E-state index contributed by atoms with van der Waals surface area (Å²) >= 11 is 4.32. The molecule has 1 aromatic carbocycles. The van der Waals surface area contributed by atoms with E-state index in [1.807, 2.05) is 6.92 Å². The molecule has 0 aliphatic carbocycles. The van der Waals surface area contributed by atoms with Crippen LogP contribution in [-0.4, -0.2) is 62.6 Å². The van der Waals surface area contributed by atoms with Gasteiger partial charge in [-0.3, -0.25) is 14.5 Å². The first-order valence-electron chi connectivity index (χ1n) is 8.81. The third-order valence-electron chi connectivity index (χ3n) is 3.83. The van der Waals surface area contributed by atoms with E-state index in [-0.39, 0.29) is 17.8 Å². The number of methoxy groups -OCH3 is 2. The van der Waals surface area contributed by atoms with Gasteiger partial charge in [0.15, 0.2) is 18.1 Å². The molecule has 10 heteroatoms. The van der Waals surface area contributed by atoms with Gasteiger partial charge in [-0.25, -0.2) is 4.79 Å². The molecule has 1 aromatic rings. The number of hydrogen-bond donors (Lipinski definition) is 0. The molecule has 2 rings (SSSR count). The summed E-state index contributed by atoms with van der Waals surface area (Å²) in [7, 11) is 2.84. The summed E-state index contributed by atoms with van der Waals surface area (Å²) in [4.78, 5) is 37.6. The van der Waals surface area contributed by atoms with E-state index in [9.17, 15) is 14.4 Å². The molecule has 0 radical (unpaired) electrons. The van der Waals surface area contributed by atoms with Crippen LogP contribution in [0.2, 0.25) is 0 Å². The van der Waals surface area contributed by atoms with Crippen molar-refractivity contribution in [3.8, 4) is 11.5 Å². The van der Waals surface area contributed by atoms with Gasteiger partial charge in [-0.1, -0.05) is 15.9 Å². The summed E-state index contributed by atoms with van der Waals surface area (Å²) < 4.78 is 21.2. The molecule has 0 aromatic heterocycles. The van der Waals surface area contributed by atoms with Crippen molar-refractivity contribution >= 4 is 50.9 Å². The zero-order chi connectivity index (χ0) is 21.4. The van der Waals surface area contributed by atoms with Gasteiger partial charge in [0.1, 0.15) is 0 Å². The number of nitrogens with zero attached hydrogens (tertiary/aromatic N) is 1. The van der Waals surface area contributed by atoms with Gasteiger partial charge in [0.25, 0.3) is 11.1 Å². The minimum absolute atomic E-state index is 0.261. The largest absolute Gasteiger partial charge is 0.490 e. The molecule has 0 spiro atoms. The fraction of sp³-hybridized carbons (Fsp3) is 0.421. The van der Waals surface area contributed by atoms with Gasteiger partial charge >= 0.3 is 5.97 Å². The normalized spacial score (nSPS) is 15.2. The van der Waals surface area contributed by atoms with Crippen molar-refractivity contribution in [3.05, 3.63) is 27.1 Å². The second kappa shape index (κ2) is 11.2. The number of rotatable bonds is 10. The van der Waals surface area contributed by atoms with Crippen LogP contribution in [0.1, 0.15) is 18.9 Å². The van der Waals surface area contributed by atoms with E-state index in [2.05, 4.69) is 20.7 Å². The summed E-state index contributed by atoms with van der Waals surface area (Å²) in [5.41, 5.74) is 0.640. The Balaban J connectivity index is 2.25. The first-order chi connectivity index (χ1) is 13.9. The second-order valence-corrected chi connectivity index (χ2v) is 7.65. The molecule has 2 amide bonds. The number of thioether (sulfide) groups is 1. The third-order valence-corrected chi connectivity index (χ3v) is 5.42. The van der Waals surface area contributed by atoms with Crippen LogP contribution in [0.4, 0.5) is 4.79 Å². The summed E-state index contributed by atoms with van der Waals surface area (Å²) in [5.74, 6) is -0.0964. The van der Waals surface area contributed by atoms with Crippen LogP contribution < -0.4 is 9.47 Å². The lowest BCUT2D eigenvalue weighted by atomic mass is 10.1. The number of halogens is 1. The van der Waals surface area contributed by atoms with Crippen LogP contribution in [0, 0.1) is 0 Å². The van der Waals surface area contributed by atoms with Crippen LogP contribution in [-0.2, 0) is 19.1 Å². The molecule has 1 saturated heterocycles. The molecule has 0 bridgehead atoms. The Bertz CT molecular complexity index is 812. The molecule has 1 fully saturated rings. The summed E-state index contributed by atoms with van der Waals surface area (Å²) in [6.45, 7) is 2.71. The maximum absolute atomic E-state index is 12.6. The van der Waals surface area contributed by atoms with Crippen molar-refractivity contribution < 1.29 is 33.3 Å². The van der Waals surface area contributed by atoms with E-state index in [0.29, 0.717) is 52.6 Å². The molecular formula is C19H22BrNO7S. The van der Waals surface area contributed by atoms with E-state index < -0.39 is 5.97 Å². The molecule has 29 heavy (non-hydrogen) atoms. The zero-order valence-electron chi connectivity index (χ0n) is 16.4. The number of hydrogen-bond acceptors (Lipinski definition) is 8. The average Bonchev–Trinajstić information content (AvgIpc) is 2.96. The summed E-state index contributed by atoms with van der Waals surface area (Å²) in [5, 5.41) is -0.309. The maximum atomic E-state index is 12.6. The van der Waals surface area contributed by atoms with Gasteiger partial charge in [-0.15, -0.1) is 0 Å². The van der Waals surface area contributed by atoms with Gasteiger partial charge < -0.3 is 18.9 Å². The Hall–Kier alpha value is -2.04. The predicted molar refractivity (Wildman–Crippen MR) is 112 cm³/mol. The Morgan fingerprint density at radius 3 is 2.59 bits per heavy atom. The topological polar surface area (TPSA) is 91.4 Å². The lowest BCUT2D eigenvalue weighted by molar-refractivity contribution is -0.143. The molecule has 8 nitrogen and oxygen atoms in total. The minimum Gasteiger partial charge on any atom is -0.490 e. The van der Waals surface area contributed by atoms with Crippen LogP contribution in [0.3, 0.4) is 0 Å². The molecular weight excluding hydrogens is 466 g/mol. The first-order valence-corrected chi connectivity index (χ1v) is 10.4. The Morgan fingerprint density at radius 1 is 1.21 bits per heavy atom. The van der Waals surface area contributed by atoms with Crippen LogP contribution >= 0.6 is 27.7 Å². The van der Waals surface area contributed by atoms with Gasteiger partial charge in [0.05, 0.1) is 18.6 Å². The Labute approximate surface area is 181 Å². The quantitative estimate of drug-likeness (QED) is 0.281. The SMILES string of the molecule is CCOc1cc(/C=C2/SC(=O)N(CCCOC)C2=O)c(Br)cc1OCC(=O)OC. The smallest absolute Gasteiger partial charge is 0.343 e. The minimum atomic E-state index is -0.519. The van der Waals surface area contributed by atoms with Crippen LogP contribution in [0.15, 0.2) is 21.5 Å². The average molecular weight is 488 g/mol. The Kier molecular flexibility index (Phi) is 8.99. The van der Waals surface area contributed by atoms with Crippen molar-refractivity contribution in [1.82, 2.24) is 4.90 Å². The second-order valence-electron chi connectivity index (χ2n) is 5.80. The first kappa shape index (κ1) is 23.2. The molecule has 1 aliphatic rings. The van der Waals surface area contributed by atoms with Gasteiger partial charge in [-0.05, 0) is 48.9 Å². The van der Waals surface area contributed by atoms with Crippen LogP contribution in [0.25, 0.3) is 6.08 Å². The third kappa shape index (κ3) is 6.22. The van der Waals surface area contributed by atoms with Crippen LogP contribution in [0.5, 0.6) is 11.5 Å². The van der Waals surface area contributed by atoms with E-state index in [0.717, 1.165) is 11.8 Å². The highest BCUT2D eigenvalue weighted by Crippen LogP contribution is 2.38. The number of imide groups is 1. The molecule has 1 heterocycles. The predicted octanol–water partition coefficient (Wildman–Crippen LogP) is 3.47. The molecule has 1 aliphatic heterocycles. The zero-order valence-corrected chi connectivity index (χ0v) is 18.8. The van der Waals surface area contributed by atoms with Gasteiger partial charge in [-0.2, -0.15) is 0 Å². The number of carbonyl (C=O) groups is 3. The molecule has 0 atom stereocenters. The van der Waals surface area contributed by atoms with Gasteiger partial charge in [0, 0.05) is 24.7 Å². The standard InChI is InChI=1S/C19H22BrNO7S/c1-4-27-14-8-12(13(20)10-15(14)28-11-17(22)26-3)9-16-18(23)21(19(24)29-16)6-5-7-25-2/h8-10H,4-7,11H2,1-3H3/b16-9+. The lowest BCUT2D eigenvalue weighted by Crippen LogP contribution is -2.29. The monoisotopic (exact) mass is 487 g/mol. The number of carbonyl (C=O) groups excluding carboxylic acids is 3. The highest BCUT2D eigenvalue weighted by atomic mass is 79.9. The Morgan fingerprint density at radius 2 is 1.93 bits per heavy atom. The van der Waals surface area contributed by atoms with E-state index in [1.165, 1.54) is 12.0 Å². The molecule has 0 unspecified atom stereocenters. The molecule has 0 saturated carbocycles. The van der Waals surface area contributed by atoms with Crippen molar-refractivity contribution in [2.75, 3.05) is 40.6 Å². The van der Waals surface area contributed by atoms with E-state index in [4.69, 9.17) is 14.2 Å². The lowest BCUT2D eigenvalue weighted by Gasteiger charge is -2.13. The highest BCUT2D eigenvalue weighted by molar-refractivity contribution is 9.10. The van der Waals surface area contributed by atoms with Crippen molar-refractivity contribution in [1.29, 1.82) is 0 Å². The number of amides is 2. The van der Waals surface area contributed by atoms with Crippen molar-refractivity contribution in [3.63, 3.8) is 0 Å². The fourth-order valence-electron chi connectivity index (χ4n) is 2.44. The van der Waals surface area contributed by atoms with E-state index >= 15 is 0 Å². The highest BCUT2D eigenvalue weighted by Gasteiger charge is 2.34. The summed E-state index contributed by atoms with van der Waals surface area (Å²) in [6, 6.07) is 3.32. The van der Waals surface area contributed by atoms with E-state index in [1.54, 1.807) is 25.3 Å². The number of benzene rings is 1. The number of ether oxygens (including phenoxy) is 4. The molecule has 0 N–H and O–H groups in total. The number of esters is 1. The maximum Gasteiger partial charge on any atom is 0.343 e.